The zero-order valence-electron chi connectivity index (χ0n) is 27.0. The van der Waals surface area contributed by atoms with E-state index in [9.17, 15) is 32.4 Å². The number of rotatable bonds is 13. The van der Waals surface area contributed by atoms with Crippen molar-refractivity contribution in [1.82, 2.24) is 26.2 Å². The summed E-state index contributed by atoms with van der Waals surface area (Å²) in [4.78, 5) is 68.4. The third kappa shape index (κ3) is 9.04. The molecule has 1 saturated heterocycles. The highest BCUT2D eigenvalue weighted by Crippen LogP contribution is 2.65. The number of carbonyl (C=O) groups is 5. The maximum atomic E-state index is 14.2. The van der Waals surface area contributed by atoms with E-state index in [0.717, 1.165) is 38.4 Å². The predicted octanol–water partition coefficient (Wildman–Crippen LogP) is 1.70. The molecule has 2 aliphatic carbocycles. The third-order valence-corrected chi connectivity index (χ3v) is 10.1. The van der Waals surface area contributed by atoms with Gasteiger partial charge in [-0.25, -0.2) is 13.2 Å². The molecule has 44 heavy (non-hydrogen) atoms. The van der Waals surface area contributed by atoms with E-state index in [1.165, 1.54) is 0 Å². The van der Waals surface area contributed by atoms with E-state index >= 15 is 0 Å². The molecular weight excluding hydrogens is 586 g/mol. The van der Waals surface area contributed by atoms with E-state index in [2.05, 4.69) is 27.8 Å². The Morgan fingerprint density at radius 1 is 1.05 bits per heavy atom. The minimum Gasteiger partial charge on any atom is -0.348 e. The van der Waals surface area contributed by atoms with Gasteiger partial charge in [0.1, 0.15) is 21.9 Å². The fourth-order valence-electron chi connectivity index (χ4n) is 6.76. The van der Waals surface area contributed by atoms with Gasteiger partial charge in [-0.3, -0.25) is 19.2 Å². The molecule has 3 rings (SSSR count). The fraction of sp³-hybridized carbons (Fsp3) is 0.774. The maximum Gasteiger partial charge on any atom is 0.315 e. The monoisotopic (exact) mass is 637 g/mol. The topological polar surface area (TPSA) is 171 Å². The molecule has 5 amide bonds. The number of nitrogens with one attached hydrogen (secondary N) is 4. The zero-order chi connectivity index (χ0) is 33.0. The molecule has 0 aromatic rings. The molecule has 0 aromatic heterocycles. The van der Waals surface area contributed by atoms with Crippen molar-refractivity contribution in [2.45, 2.75) is 103 Å². The van der Waals surface area contributed by atoms with Crippen LogP contribution in [-0.4, -0.2) is 91.6 Å². The summed E-state index contributed by atoms with van der Waals surface area (Å²) in [6.45, 7) is 13.5. The normalized spacial score (nSPS) is 24.3. The van der Waals surface area contributed by atoms with E-state index < -0.39 is 57.1 Å². The van der Waals surface area contributed by atoms with Crippen LogP contribution < -0.4 is 21.3 Å². The number of carbonyl (C=O) groups excluding carboxylic acids is 5. The number of hydrogen-bond donors (Lipinski definition) is 4. The van der Waals surface area contributed by atoms with Crippen LogP contribution >= 0.6 is 0 Å². The van der Waals surface area contributed by atoms with E-state index in [1.54, 1.807) is 11.0 Å². The van der Waals surface area contributed by atoms with Crippen molar-refractivity contribution in [2.75, 3.05) is 25.1 Å². The first kappa shape index (κ1) is 35.5. The Hall–Kier alpha value is -2.96. The Morgan fingerprint density at radius 2 is 1.68 bits per heavy atom. The summed E-state index contributed by atoms with van der Waals surface area (Å²) in [5, 5.41) is 10.9. The molecule has 2 saturated carbocycles. The van der Waals surface area contributed by atoms with Crippen molar-refractivity contribution < 1.29 is 32.4 Å². The smallest absolute Gasteiger partial charge is 0.315 e. The first-order valence-electron chi connectivity index (χ1n) is 15.7. The first-order valence-corrected chi connectivity index (χ1v) is 17.7. The Labute approximate surface area is 261 Å². The summed E-state index contributed by atoms with van der Waals surface area (Å²) in [5.74, 6) is -3.15. The molecule has 0 spiro atoms. The van der Waals surface area contributed by atoms with Crippen molar-refractivity contribution >= 4 is 39.4 Å². The number of allylic oxidation sites excluding steroid dienone is 1. The number of piperidine rings is 1. The lowest BCUT2D eigenvalue weighted by Crippen LogP contribution is -2.61. The lowest BCUT2D eigenvalue weighted by molar-refractivity contribution is -0.144. The average molecular weight is 638 g/mol. The predicted molar refractivity (Wildman–Crippen MR) is 167 cm³/mol. The Kier molecular flexibility index (Phi) is 11.3. The van der Waals surface area contributed by atoms with Gasteiger partial charge in [-0.15, -0.1) is 6.58 Å². The second kappa shape index (κ2) is 14.0. The van der Waals surface area contributed by atoms with Crippen LogP contribution in [0.4, 0.5) is 4.79 Å². The highest BCUT2D eigenvalue weighted by atomic mass is 32.2. The number of urea groups is 1. The van der Waals surface area contributed by atoms with Gasteiger partial charge in [0.25, 0.3) is 5.91 Å². The van der Waals surface area contributed by atoms with Crippen LogP contribution in [0.3, 0.4) is 0 Å². The van der Waals surface area contributed by atoms with Crippen LogP contribution in [0.5, 0.6) is 0 Å². The van der Waals surface area contributed by atoms with Gasteiger partial charge in [0.2, 0.25) is 17.6 Å². The van der Waals surface area contributed by atoms with Gasteiger partial charge < -0.3 is 26.2 Å². The molecule has 1 heterocycles. The fourth-order valence-corrected chi connectivity index (χ4v) is 7.24. The first-order chi connectivity index (χ1) is 20.4. The van der Waals surface area contributed by atoms with Gasteiger partial charge in [-0.2, -0.15) is 0 Å². The van der Waals surface area contributed by atoms with E-state index in [4.69, 9.17) is 0 Å². The van der Waals surface area contributed by atoms with Crippen LogP contribution in [0.25, 0.3) is 0 Å². The summed E-state index contributed by atoms with van der Waals surface area (Å²) >= 11 is 0. The van der Waals surface area contributed by atoms with Crippen LogP contribution in [0.15, 0.2) is 12.7 Å². The highest BCUT2D eigenvalue weighted by Gasteiger charge is 2.69. The number of ketones is 1. The molecule has 3 unspecified atom stereocenters. The third-order valence-electron chi connectivity index (χ3n) is 9.20. The number of likely N-dealkylation sites (tertiary alicyclic amines) is 1. The number of hydrogen-bond acceptors (Lipinski definition) is 7. The van der Waals surface area contributed by atoms with Crippen molar-refractivity contribution in [3.8, 4) is 0 Å². The lowest BCUT2D eigenvalue weighted by Gasteiger charge is -2.37. The summed E-state index contributed by atoms with van der Waals surface area (Å²) in [5.41, 5.74) is -0.699. The van der Waals surface area contributed by atoms with Crippen molar-refractivity contribution in [3.63, 3.8) is 0 Å². The highest BCUT2D eigenvalue weighted by molar-refractivity contribution is 7.90. The van der Waals surface area contributed by atoms with Gasteiger partial charge >= 0.3 is 6.03 Å². The molecule has 0 bridgehead atoms. The zero-order valence-corrected chi connectivity index (χ0v) is 27.8. The Balaban J connectivity index is 1.82. The number of Topliss-reactive ketones (excluding diaryl/α,β-unsaturated/α-hetero) is 1. The molecule has 5 atom stereocenters. The Bertz CT molecular complexity index is 1240. The number of nitrogens with zero attached hydrogens (tertiary/aromatic N) is 1. The van der Waals surface area contributed by atoms with E-state index in [0.29, 0.717) is 13.0 Å². The molecular formula is C31H51N5O7S. The van der Waals surface area contributed by atoms with Crippen molar-refractivity contribution in [1.29, 1.82) is 0 Å². The maximum absolute atomic E-state index is 14.2. The molecule has 248 valence electrons. The molecule has 1 aliphatic heterocycles. The standard InChI is InChI=1S/C31H51N5O7S/c1-8-9-15-21(25(37)27(39)32-16-17-44(7,42)43)33-26(38)24-22-20(31(22,5)6)18-36(24)28(40)23(19-13-11-10-12-14-19)34-29(41)35-30(2,3)4/h8,19-24H,1,9-18H2,2-7H3,(H,32,39)(H,33,38)(H2,34,35,41)/t20?,21?,22?,23-,24-/m0/s1. The number of amides is 5. The van der Waals surface area contributed by atoms with E-state index in [-0.39, 0.29) is 47.8 Å². The summed E-state index contributed by atoms with van der Waals surface area (Å²) in [7, 11) is -3.35. The average Bonchev–Trinajstić information content (AvgIpc) is 3.24. The molecule has 13 heteroatoms. The van der Waals surface area contributed by atoms with Gasteiger partial charge in [0.05, 0.1) is 11.8 Å². The molecule has 12 nitrogen and oxygen atoms in total. The largest absolute Gasteiger partial charge is 0.348 e. The van der Waals surface area contributed by atoms with Crippen LogP contribution in [0.1, 0.15) is 79.6 Å². The van der Waals surface area contributed by atoms with E-state index in [1.807, 2.05) is 34.6 Å². The van der Waals surface area contributed by atoms with Gasteiger partial charge in [-0.05, 0) is 69.6 Å². The summed E-state index contributed by atoms with van der Waals surface area (Å²) in [6, 6.07) is -3.29. The second-order valence-electron chi connectivity index (χ2n) is 14.3. The van der Waals surface area contributed by atoms with Gasteiger partial charge in [0, 0.05) is 24.9 Å². The lowest BCUT2D eigenvalue weighted by atomic mass is 9.83. The number of sulfone groups is 1. The van der Waals surface area contributed by atoms with Crippen LogP contribution in [0.2, 0.25) is 0 Å². The van der Waals surface area contributed by atoms with Gasteiger partial charge in [-0.1, -0.05) is 39.2 Å². The van der Waals surface area contributed by atoms with Crippen molar-refractivity contribution in [3.05, 3.63) is 12.7 Å². The minimum atomic E-state index is -3.35. The summed E-state index contributed by atoms with van der Waals surface area (Å²) in [6.07, 6.45) is 7.63. The molecule has 0 aromatic carbocycles. The summed E-state index contributed by atoms with van der Waals surface area (Å²) < 4.78 is 22.9. The molecule has 3 fully saturated rings. The molecule has 4 N–H and O–H groups in total. The second-order valence-corrected chi connectivity index (χ2v) is 16.6. The quantitative estimate of drug-likeness (QED) is 0.176. The molecule has 3 aliphatic rings. The van der Waals surface area contributed by atoms with Crippen molar-refractivity contribution in [2.24, 2.45) is 23.2 Å². The SMILES string of the molecule is C=CCCC(NC(=O)[C@@H]1C2C(CN1C(=O)[C@@H](NC(=O)NC(C)(C)C)C1CCCCC1)C2(C)C)C(=O)C(=O)NCCS(C)(=O)=O. The molecule has 0 radical (unpaired) electrons. The number of fused-ring (bicyclic) bond motifs is 1. The van der Waals surface area contributed by atoms with Crippen LogP contribution in [0, 0.1) is 23.2 Å². The Morgan fingerprint density at radius 3 is 2.25 bits per heavy atom. The van der Waals surface area contributed by atoms with Crippen LogP contribution in [-0.2, 0) is 29.0 Å². The minimum absolute atomic E-state index is 0.0619. The van der Waals surface area contributed by atoms with Gasteiger partial charge in [0.15, 0.2) is 0 Å².